The summed E-state index contributed by atoms with van der Waals surface area (Å²) in [6.07, 6.45) is 6.77. The van der Waals surface area contributed by atoms with Gasteiger partial charge in [-0.3, -0.25) is 9.56 Å². The van der Waals surface area contributed by atoms with Gasteiger partial charge < -0.3 is 5.32 Å². The molecule has 0 radical (unpaired) electrons. The second kappa shape index (κ2) is 7.88. The van der Waals surface area contributed by atoms with Gasteiger partial charge in [0.15, 0.2) is 5.82 Å². The second-order valence-electron chi connectivity index (χ2n) is 10.5. The molecule has 2 aromatic heterocycles. The lowest BCUT2D eigenvalue weighted by molar-refractivity contribution is 0.0221. The van der Waals surface area contributed by atoms with Crippen LogP contribution in [0.5, 0.6) is 0 Å². The predicted octanol–water partition coefficient (Wildman–Crippen LogP) is 5.49. The maximum Gasteiger partial charge on any atom is 0.162 e. The molecule has 6 rings (SSSR count). The Hall–Kier alpha value is -2.31. The van der Waals surface area contributed by atoms with E-state index in [1.165, 1.54) is 77.3 Å². The number of fused-ring (bicyclic) bond motifs is 3. The van der Waals surface area contributed by atoms with E-state index >= 15 is 0 Å². The zero-order valence-corrected chi connectivity index (χ0v) is 20.9. The van der Waals surface area contributed by atoms with Gasteiger partial charge in [0.25, 0.3) is 0 Å². The van der Waals surface area contributed by atoms with Gasteiger partial charge in [-0.2, -0.15) is 0 Å². The van der Waals surface area contributed by atoms with E-state index < -0.39 is 0 Å². The summed E-state index contributed by atoms with van der Waals surface area (Å²) in [5.41, 5.74) is 6.96. The van der Waals surface area contributed by atoms with E-state index in [0.717, 1.165) is 23.3 Å². The molecule has 0 amide bonds. The number of nitrogens with one attached hydrogen (secondary N) is 1. The number of rotatable bonds is 3. The average Bonchev–Trinajstić information content (AvgIpc) is 3.27. The van der Waals surface area contributed by atoms with Gasteiger partial charge in [-0.25, -0.2) is 0 Å². The molecule has 6 heteroatoms. The van der Waals surface area contributed by atoms with Crippen molar-refractivity contribution in [3.8, 4) is 5.00 Å². The molecule has 5 nitrogen and oxygen atoms in total. The summed E-state index contributed by atoms with van der Waals surface area (Å²) in [4.78, 5) is 6.51. The van der Waals surface area contributed by atoms with Crippen molar-refractivity contribution in [1.82, 2.24) is 20.1 Å². The zero-order chi connectivity index (χ0) is 22.7. The third-order valence-electron chi connectivity index (χ3n) is 8.21. The van der Waals surface area contributed by atoms with Gasteiger partial charge in [-0.15, -0.1) is 21.5 Å². The van der Waals surface area contributed by atoms with Crippen LogP contribution in [0.1, 0.15) is 77.4 Å². The maximum absolute atomic E-state index is 5.19. The van der Waals surface area contributed by atoms with E-state index in [1.807, 2.05) is 18.3 Å². The van der Waals surface area contributed by atoms with Crippen LogP contribution in [0.2, 0.25) is 0 Å². The van der Waals surface area contributed by atoms with Crippen molar-refractivity contribution in [3.05, 3.63) is 63.0 Å². The van der Waals surface area contributed by atoms with Crippen molar-refractivity contribution in [2.24, 2.45) is 16.3 Å². The third-order valence-corrected chi connectivity index (χ3v) is 9.40. The van der Waals surface area contributed by atoms with E-state index in [1.54, 1.807) is 0 Å². The van der Waals surface area contributed by atoms with Crippen LogP contribution in [0.25, 0.3) is 5.00 Å². The fourth-order valence-electron chi connectivity index (χ4n) is 6.29. The Balaban J connectivity index is 1.28. The fourth-order valence-corrected chi connectivity index (χ4v) is 7.50. The second-order valence-corrected chi connectivity index (χ2v) is 11.7. The lowest BCUT2D eigenvalue weighted by Crippen LogP contribution is -2.45. The largest absolute Gasteiger partial charge is 0.317 e. The smallest absolute Gasteiger partial charge is 0.162 e. The van der Waals surface area contributed by atoms with Gasteiger partial charge in [0.2, 0.25) is 0 Å². The molecular weight excluding hydrogens is 426 g/mol. The van der Waals surface area contributed by atoms with Gasteiger partial charge in [-0.05, 0) is 95.3 Å². The van der Waals surface area contributed by atoms with Crippen molar-refractivity contribution in [2.45, 2.75) is 65.8 Å². The van der Waals surface area contributed by atoms with Crippen LogP contribution in [-0.4, -0.2) is 33.6 Å². The van der Waals surface area contributed by atoms with Crippen LogP contribution in [0.15, 0.2) is 29.3 Å². The molecular formula is C27H33N5S. The molecule has 33 heavy (non-hydrogen) atoms. The van der Waals surface area contributed by atoms with Crippen LogP contribution in [0.3, 0.4) is 0 Å². The summed E-state index contributed by atoms with van der Waals surface area (Å²) in [5, 5.41) is 13.6. The SMILES string of the molecule is Cc1sc2c(c1C)C(c1ccc(CC3CC4(CCNCC4)C3)cc1)=N[C@@H](C)c1nnc(C)n1-2. The Bertz CT molecular complexity index is 1220. The molecule has 2 aliphatic heterocycles. The minimum atomic E-state index is -0.0312. The summed E-state index contributed by atoms with van der Waals surface area (Å²) in [6, 6.07) is 9.21. The number of aryl methyl sites for hydroxylation is 2. The highest BCUT2D eigenvalue weighted by Crippen LogP contribution is 2.52. The van der Waals surface area contributed by atoms with Crippen LogP contribution < -0.4 is 5.32 Å². The first kappa shape index (κ1) is 21.2. The number of aliphatic imine (C=N–C) groups is 1. The number of benzene rings is 1. The van der Waals surface area contributed by atoms with E-state index in [2.05, 4.69) is 65.1 Å². The highest BCUT2D eigenvalue weighted by Gasteiger charge is 2.44. The molecule has 0 bridgehead atoms. The van der Waals surface area contributed by atoms with Crippen LogP contribution in [-0.2, 0) is 6.42 Å². The summed E-state index contributed by atoms with van der Waals surface area (Å²) >= 11 is 1.82. The highest BCUT2D eigenvalue weighted by molar-refractivity contribution is 7.15. The van der Waals surface area contributed by atoms with Crippen molar-refractivity contribution < 1.29 is 0 Å². The van der Waals surface area contributed by atoms with E-state index in [0.29, 0.717) is 5.41 Å². The Morgan fingerprint density at radius 1 is 1.06 bits per heavy atom. The molecule has 1 aromatic carbocycles. The quantitative estimate of drug-likeness (QED) is 0.564. The van der Waals surface area contributed by atoms with E-state index in [9.17, 15) is 0 Å². The summed E-state index contributed by atoms with van der Waals surface area (Å²) in [6.45, 7) is 11.0. The number of aromatic nitrogens is 3. The Labute approximate surface area is 200 Å². The van der Waals surface area contributed by atoms with Gasteiger partial charge >= 0.3 is 0 Å². The van der Waals surface area contributed by atoms with Crippen molar-refractivity contribution in [2.75, 3.05) is 13.1 Å². The lowest BCUT2D eigenvalue weighted by atomic mass is 9.56. The zero-order valence-electron chi connectivity index (χ0n) is 20.1. The standard InChI is InChI=1S/C27H33N5S/c1-16-18(3)33-26-23(16)24(29-17(2)25-31-30-19(4)32(25)26)22-7-5-20(6-8-22)13-21-14-27(15-21)9-11-28-12-10-27/h5-8,17,21,28H,9-15H2,1-4H3/t17-/m0/s1. The molecule has 1 aliphatic carbocycles. The minimum absolute atomic E-state index is 0.0312. The molecule has 2 fully saturated rings. The fraction of sp³-hybridized carbons (Fsp3) is 0.519. The Morgan fingerprint density at radius 3 is 2.52 bits per heavy atom. The molecule has 3 aromatic rings. The summed E-state index contributed by atoms with van der Waals surface area (Å²) in [7, 11) is 0. The minimum Gasteiger partial charge on any atom is -0.317 e. The summed E-state index contributed by atoms with van der Waals surface area (Å²) < 4.78 is 2.21. The molecule has 3 aliphatic rings. The van der Waals surface area contributed by atoms with Gasteiger partial charge in [0.1, 0.15) is 16.9 Å². The molecule has 1 atom stereocenters. The normalized spacial score (nSPS) is 21.8. The number of hydrogen-bond donors (Lipinski definition) is 1. The molecule has 172 valence electrons. The van der Waals surface area contributed by atoms with Crippen molar-refractivity contribution >= 4 is 17.0 Å². The molecule has 4 heterocycles. The first-order chi connectivity index (χ1) is 15.9. The summed E-state index contributed by atoms with van der Waals surface area (Å²) in [5.74, 6) is 2.71. The van der Waals surface area contributed by atoms with E-state index in [4.69, 9.17) is 4.99 Å². The molecule has 1 saturated heterocycles. The molecule has 1 saturated carbocycles. The van der Waals surface area contributed by atoms with Crippen molar-refractivity contribution in [3.63, 3.8) is 0 Å². The van der Waals surface area contributed by atoms with E-state index in [-0.39, 0.29) is 6.04 Å². The monoisotopic (exact) mass is 459 g/mol. The molecule has 1 spiro atoms. The van der Waals surface area contributed by atoms with Gasteiger partial charge in [-0.1, -0.05) is 24.3 Å². The number of piperidine rings is 1. The maximum atomic E-state index is 5.19. The third kappa shape index (κ3) is 3.50. The van der Waals surface area contributed by atoms with Gasteiger partial charge in [0.05, 0.1) is 5.71 Å². The first-order valence-electron chi connectivity index (χ1n) is 12.3. The average molecular weight is 460 g/mol. The topological polar surface area (TPSA) is 55.1 Å². The molecule has 1 N–H and O–H groups in total. The Kier molecular flexibility index (Phi) is 5.07. The molecule has 0 unspecified atom stereocenters. The highest BCUT2D eigenvalue weighted by atomic mass is 32.1. The van der Waals surface area contributed by atoms with Crippen LogP contribution >= 0.6 is 11.3 Å². The van der Waals surface area contributed by atoms with Gasteiger partial charge in [0, 0.05) is 16.0 Å². The Morgan fingerprint density at radius 2 is 1.79 bits per heavy atom. The lowest BCUT2D eigenvalue weighted by Gasteiger charge is -2.50. The number of nitrogens with zero attached hydrogens (tertiary/aromatic N) is 4. The number of thiophene rings is 1. The predicted molar refractivity (Wildman–Crippen MR) is 135 cm³/mol. The number of hydrogen-bond acceptors (Lipinski definition) is 5. The first-order valence-corrected chi connectivity index (χ1v) is 13.2. The van der Waals surface area contributed by atoms with Crippen LogP contribution in [0, 0.1) is 32.1 Å². The van der Waals surface area contributed by atoms with Crippen molar-refractivity contribution in [1.29, 1.82) is 0 Å². The van der Waals surface area contributed by atoms with Crippen LogP contribution in [0.4, 0.5) is 0 Å².